The van der Waals surface area contributed by atoms with Gasteiger partial charge >= 0.3 is 0 Å². The summed E-state index contributed by atoms with van der Waals surface area (Å²) >= 11 is 0. The van der Waals surface area contributed by atoms with Gasteiger partial charge in [0.25, 0.3) is 11.6 Å². The van der Waals surface area contributed by atoms with E-state index >= 15 is 0 Å². The molecule has 0 bridgehead atoms. The molecule has 0 aliphatic carbocycles. The number of carbonyl (C=O) groups excluding carboxylic acids is 1. The predicted molar refractivity (Wildman–Crippen MR) is 102 cm³/mol. The first-order valence-corrected chi connectivity index (χ1v) is 8.71. The molecule has 1 fully saturated rings. The number of benzene rings is 2. The first-order chi connectivity index (χ1) is 13.1. The number of aromatic hydroxyl groups is 1. The number of amides is 1. The summed E-state index contributed by atoms with van der Waals surface area (Å²) in [6.45, 7) is 1.76. The Hall–Kier alpha value is -3.42. The highest BCUT2D eigenvalue weighted by atomic mass is 16.6. The molecule has 2 aromatic carbocycles. The number of hydrogen-bond donors (Lipinski definition) is 2. The molecule has 0 radical (unpaired) electrons. The van der Waals surface area contributed by atoms with Crippen molar-refractivity contribution < 1.29 is 14.8 Å². The van der Waals surface area contributed by atoms with Crippen LogP contribution in [0.1, 0.15) is 35.2 Å². The number of phenolic OH excluding ortho intramolecular Hbond substituents is 1. The molecule has 0 atom stereocenters. The minimum atomic E-state index is -0.561. The van der Waals surface area contributed by atoms with Crippen molar-refractivity contribution in [2.45, 2.75) is 19.3 Å². The second-order valence-corrected chi connectivity index (χ2v) is 6.26. The van der Waals surface area contributed by atoms with Gasteiger partial charge in [-0.2, -0.15) is 5.10 Å². The van der Waals surface area contributed by atoms with Crippen molar-refractivity contribution in [2.24, 2.45) is 5.10 Å². The van der Waals surface area contributed by atoms with Crippen molar-refractivity contribution >= 4 is 23.5 Å². The van der Waals surface area contributed by atoms with Crippen molar-refractivity contribution in [2.75, 3.05) is 18.0 Å². The van der Waals surface area contributed by atoms with Crippen LogP contribution >= 0.6 is 0 Å². The third kappa shape index (κ3) is 4.41. The molecule has 3 rings (SSSR count). The number of rotatable bonds is 5. The number of carbonyl (C=O) groups is 1. The molecule has 2 aromatic rings. The Balaban J connectivity index is 1.82. The molecule has 2 N–H and O–H groups in total. The molecule has 140 valence electrons. The molecule has 8 heteroatoms. The van der Waals surface area contributed by atoms with Crippen LogP contribution in [0.25, 0.3) is 0 Å². The summed E-state index contributed by atoms with van der Waals surface area (Å²) in [5.41, 5.74) is 3.82. The number of hydrogen-bond acceptors (Lipinski definition) is 6. The zero-order chi connectivity index (χ0) is 19.2. The van der Waals surface area contributed by atoms with E-state index in [1.807, 2.05) is 0 Å². The fraction of sp³-hybridized carbons (Fsp3) is 0.263. The van der Waals surface area contributed by atoms with E-state index in [9.17, 15) is 20.0 Å². The van der Waals surface area contributed by atoms with E-state index in [2.05, 4.69) is 15.4 Å². The largest absolute Gasteiger partial charge is 0.507 e. The summed E-state index contributed by atoms with van der Waals surface area (Å²) in [5.74, 6) is -0.705. The van der Waals surface area contributed by atoms with Crippen LogP contribution in [0.2, 0.25) is 0 Å². The normalized spacial score (nSPS) is 14.3. The van der Waals surface area contributed by atoms with Crippen LogP contribution in [-0.4, -0.2) is 35.2 Å². The Kier molecular flexibility index (Phi) is 5.65. The van der Waals surface area contributed by atoms with E-state index in [4.69, 9.17) is 0 Å². The summed E-state index contributed by atoms with van der Waals surface area (Å²) in [7, 11) is 0. The summed E-state index contributed by atoms with van der Waals surface area (Å²) in [5, 5.41) is 24.7. The molecule has 0 saturated carbocycles. The lowest BCUT2D eigenvalue weighted by molar-refractivity contribution is -0.384. The average Bonchev–Trinajstić information content (AvgIpc) is 2.68. The van der Waals surface area contributed by atoms with Crippen LogP contribution in [0, 0.1) is 10.1 Å². The second kappa shape index (κ2) is 8.31. The monoisotopic (exact) mass is 368 g/mol. The second-order valence-electron chi connectivity index (χ2n) is 6.26. The summed E-state index contributed by atoms with van der Waals surface area (Å²) in [6, 6.07) is 10.8. The molecule has 1 heterocycles. The van der Waals surface area contributed by atoms with Gasteiger partial charge in [-0.1, -0.05) is 12.1 Å². The molecule has 0 unspecified atom stereocenters. The van der Waals surface area contributed by atoms with Gasteiger partial charge in [0.2, 0.25) is 0 Å². The Morgan fingerprint density at radius 1 is 1.19 bits per heavy atom. The van der Waals surface area contributed by atoms with Crippen LogP contribution in [0.3, 0.4) is 0 Å². The quantitative estimate of drug-likeness (QED) is 0.479. The van der Waals surface area contributed by atoms with Gasteiger partial charge in [0.05, 0.1) is 16.7 Å². The molecule has 1 aliphatic rings. The number of phenols is 1. The maximum Gasteiger partial charge on any atom is 0.275 e. The number of nitro benzene ring substituents is 1. The molecular weight excluding hydrogens is 348 g/mol. The van der Waals surface area contributed by atoms with Gasteiger partial charge < -0.3 is 10.0 Å². The first-order valence-electron chi connectivity index (χ1n) is 8.71. The van der Waals surface area contributed by atoms with Gasteiger partial charge in [-0.15, -0.1) is 0 Å². The Labute approximate surface area is 156 Å². The zero-order valence-corrected chi connectivity index (χ0v) is 14.7. The number of nitrogens with one attached hydrogen (secondary N) is 1. The third-order valence-corrected chi connectivity index (χ3v) is 4.44. The highest BCUT2D eigenvalue weighted by molar-refractivity contribution is 5.97. The van der Waals surface area contributed by atoms with E-state index in [1.165, 1.54) is 36.9 Å². The van der Waals surface area contributed by atoms with Crippen LogP contribution in [0.4, 0.5) is 11.4 Å². The van der Waals surface area contributed by atoms with Gasteiger partial charge in [0.15, 0.2) is 0 Å². The van der Waals surface area contributed by atoms with Crippen LogP contribution in [0.5, 0.6) is 5.75 Å². The molecule has 27 heavy (non-hydrogen) atoms. The molecule has 1 saturated heterocycles. The van der Waals surface area contributed by atoms with Crippen LogP contribution < -0.4 is 10.3 Å². The Morgan fingerprint density at radius 3 is 2.63 bits per heavy atom. The summed E-state index contributed by atoms with van der Waals surface area (Å²) < 4.78 is 0. The molecule has 1 amide bonds. The van der Waals surface area contributed by atoms with E-state index in [1.54, 1.807) is 18.2 Å². The van der Waals surface area contributed by atoms with Crippen molar-refractivity contribution in [3.05, 3.63) is 63.7 Å². The molecule has 0 spiro atoms. The minimum Gasteiger partial charge on any atom is -0.507 e. The number of nitrogens with zero attached hydrogens (tertiary/aromatic N) is 3. The lowest BCUT2D eigenvalue weighted by atomic mass is 10.1. The highest BCUT2D eigenvalue weighted by Crippen LogP contribution is 2.27. The van der Waals surface area contributed by atoms with Crippen molar-refractivity contribution in [1.82, 2.24) is 5.43 Å². The number of para-hydroxylation sites is 1. The smallest absolute Gasteiger partial charge is 0.275 e. The molecular formula is C19H20N4O4. The third-order valence-electron chi connectivity index (χ3n) is 4.44. The lowest BCUT2D eigenvalue weighted by Crippen LogP contribution is -2.30. The van der Waals surface area contributed by atoms with Crippen molar-refractivity contribution in [1.29, 1.82) is 0 Å². The lowest BCUT2D eigenvalue weighted by Gasteiger charge is -2.29. The van der Waals surface area contributed by atoms with Crippen molar-refractivity contribution in [3.63, 3.8) is 0 Å². The SMILES string of the molecule is O=C(N/N=C\c1cc([N+](=O)[O-])ccc1N1CCCCC1)c1ccccc1O. The number of nitro groups is 1. The van der Waals surface area contributed by atoms with E-state index in [-0.39, 0.29) is 17.0 Å². The number of hydrazone groups is 1. The molecule has 1 aliphatic heterocycles. The Morgan fingerprint density at radius 2 is 1.93 bits per heavy atom. The maximum absolute atomic E-state index is 12.1. The van der Waals surface area contributed by atoms with E-state index in [0.29, 0.717) is 5.56 Å². The standard InChI is InChI=1S/C19H20N4O4/c24-18-7-3-2-6-16(18)19(25)21-20-13-14-12-15(23(26)27)8-9-17(14)22-10-4-1-5-11-22/h2-3,6-9,12-13,24H,1,4-5,10-11H2,(H,21,25)/b20-13-. The Bertz CT molecular complexity index is 876. The fourth-order valence-corrected chi connectivity index (χ4v) is 3.07. The topological polar surface area (TPSA) is 108 Å². The minimum absolute atomic E-state index is 0.0377. The first kappa shape index (κ1) is 18.4. The van der Waals surface area contributed by atoms with Gasteiger partial charge in [-0.05, 0) is 37.5 Å². The van der Waals surface area contributed by atoms with Gasteiger partial charge in [0, 0.05) is 36.5 Å². The molecule has 8 nitrogen and oxygen atoms in total. The average molecular weight is 368 g/mol. The van der Waals surface area contributed by atoms with Crippen molar-refractivity contribution in [3.8, 4) is 5.75 Å². The number of non-ortho nitro benzene ring substituents is 1. The van der Waals surface area contributed by atoms with E-state index in [0.717, 1.165) is 31.6 Å². The van der Waals surface area contributed by atoms with Gasteiger partial charge in [-0.3, -0.25) is 14.9 Å². The fourth-order valence-electron chi connectivity index (χ4n) is 3.07. The molecule has 0 aromatic heterocycles. The van der Waals surface area contributed by atoms with Crippen LogP contribution in [-0.2, 0) is 0 Å². The predicted octanol–water partition coefficient (Wildman–Crippen LogP) is 3.05. The van der Waals surface area contributed by atoms with Crippen LogP contribution in [0.15, 0.2) is 47.6 Å². The zero-order valence-electron chi connectivity index (χ0n) is 14.7. The summed E-state index contributed by atoms with van der Waals surface area (Å²) in [4.78, 5) is 24.9. The number of piperidine rings is 1. The van der Waals surface area contributed by atoms with Gasteiger partial charge in [0.1, 0.15) is 5.75 Å². The summed E-state index contributed by atoms with van der Waals surface area (Å²) in [6.07, 6.45) is 4.70. The van der Waals surface area contributed by atoms with E-state index < -0.39 is 10.8 Å². The number of anilines is 1. The highest BCUT2D eigenvalue weighted by Gasteiger charge is 2.17. The maximum atomic E-state index is 12.1. The van der Waals surface area contributed by atoms with Gasteiger partial charge in [-0.25, -0.2) is 5.43 Å².